The van der Waals surface area contributed by atoms with Crippen molar-refractivity contribution >= 4 is 31.1 Å². The minimum atomic E-state index is 0. The maximum atomic E-state index is 2.21. The maximum Gasteiger partial charge on any atom is 2.00 e. The summed E-state index contributed by atoms with van der Waals surface area (Å²) in [5.74, 6) is 0. The molecule has 0 aliphatic carbocycles. The van der Waals surface area contributed by atoms with Crippen LogP contribution in [0, 0.1) is 0 Å². The number of benzene rings is 2. The molecular formula is C20H21CrSi. The molecule has 0 unspecified atom stereocenters. The molecule has 111 valence electrons. The third-order valence-corrected chi connectivity index (χ3v) is 3.10. The van der Waals surface area contributed by atoms with Gasteiger partial charge in [0, 0.05) is 9.52 Å². The minimum Gasteiger partial charge on any atom is -0.168 e. The molecule has 0 bridgehead atoms. The molecule has 4 aromatic carbocycles. The Morgan fingerprint density at radius 2 is 1.00 bits per heavy atom. The first-order valence-corrected chi connectivity index (χ1v) is 9.61. The molecule has 0 aliphatic rings. The van der Waals surface area contributed by atoms with Gasteiger partial charge in [-0.1, -0.05) is 25.2 Å². The Labute approximate surface area is 146 Å². The van der Waals surface area contributed by atoms with Crippen molar-refractivity contribution in [3.8, 4) is 0 Å². The summed E-state index contributed by atoms with van der Waals surface area (Å²) in [4.78, 5) is 0. The first kappa shape index (κ1) is 18.5. The van der Waals surface area contributed by atoms with Crippen molar-refractivity contribution < 1.29 is 17.4 Å². The minimum absolute atomic E-state index is 0. The molecule has 0 saturated carbocycles. The molecule has 0 saturated heterocycles. The van der Waals surface area contributed by atoms with E-state index in [0.29, 0.717) is 0 Å². The fourth-order valence-electron chi connectivity index (χ4n) is 2.14. The van der Waals surface area contributed by atoms with E-state index in [-0.39, 0.29) is 17.4 Å². The van der Waals surface area contributed by atoms with E-state index < -0.39 is 0 Å². The summed E-state index contributed by atoms with van der Waals surface area (Å²) >= 11 is 0. The van der Waals surface area contributed by atoms with Gasteiger partial charge in [0.15, 0.2) is 0 Å². The molecule has 0 spiro atoms. The van der Waals surface area contributed by atoms with Crippen molar-refractivity contribution in [3.63, 3.8) is 0 Å². The van der Waals surface area contributed by atoms with Crippen LogP contribution in [-0.4, -0.2) is 9.52 Å². The molecule has 0 aliphatic heterocycles. The number of hydrogen-bond acceptors (Lipinski definition) is 0. The Hall–Kier alpha value is -1.59. The molecule has 4 rings (SSSR count). The van der Waals surface area contributed by atoms with Gasteiger partial charge in [-0.05, 0) is 0 Å². The Kier molecular flexibility index (Phi) is 8.55. The molecule has 2 heteroatoms. The van der Waals surface area contributed by atoms with Gasteiger partial charge in [0.2, 0.25) is 0 Å². The van der Waals surface area contributed by atoms with Crippen molar-refractivity contribution in [2.75, 3.05) is 0 Å². The van der Waals surface area contributed by atoms with Gasteiger partial charge in [0.05, 0.1) is 0 Å². The van der Waals surface area contributed by atoms with E-state index in [9.17, 15) is 0 Å². The second kappa shape index (κ2) is 10.2. The summed E-state index contributed by atoms with van der Waals surface area (Å²) in [6.45, 7) is 4.42. The molecule has 22 heavy (non-hydrogen) atoms. The van der Waals surface area contributed by atoms with Gasteiger partial charge in [0.25, 0.3) is 0 Å². The summed E-state index contributed by atoms with van der Waals surface area (Å²) in [5, 5.41) is 5.32. The number of fused-ring (bicyclic) bond motifs is 2. The van der Waals surface area contributed by atoms with E-state index >= 15 is 0 Å². The quantitative estimate of drug-likeness (QED) is 0.287. The second-order valence-electron chi connectivity index (χ2n) is 4.89. The van der Waals surface area contributed by atoms with Crippen LogP contribution in [0.25, 0.3) is 21.5 Å². The molecule has 0 heterocycles. The van der Waals surface area contributed by atoms with Crippen molar-refractivity contribution in [1.29, 1.82) is 0 Å². The van der Waals surface area contributed by atoms with Gasteiger partial charge in [-0.2, -0.15) is 35.0 Å². The predicted octanol–water partition coefficient (Wildman–Crippen LogP) is 5.63. The predicted molar refractivity (Wildman–Crippen MR) is 98.0 cm³/mol. The summed E-state index contributed by atoms with van der Waals surface area (Å²) in [5.41, 5.74) is 0. The fourth-order valence-corrected chi connectivity index (χ4v) is 2.14. The average Bonchev–Trinajstić information content (AvgIpc) is 3.17. The van der Waals surface area contributed by atoms with E-state index in [1.165, 1.54) is 21.5 Å². The summed E-state index contributed by atoms with van der Waals surface area (Å²) in [7, 11) is 0.750. The summed E-state index contributed by atoms with van der Waals surface area (Å²) in [6.07, 6.45) is 0. The molecule has 1 radical (unpaired) electrons. The Morgan fingerprint density at radius 1 is 0.636 bits per heavy atom. The largest absolute Gasteiger partial charge is 2.00 e. The molecule has 0 fully saturated rings. The Bertz CT molecular complexity index is 641. The molecule has 4 aromatic rings. The molecule has 0 atom stereocenters. The van der Waals surface area contributed by atoms with Crippen LogP contribution in [0.2, 0.25) is 13.1 Å². The first-order valence-electron chi connectivity index (χ1n) is 7.30. The maximum absolute atomic E-state index is 2.21. The Balaban J connectivity index is 0.000000181. The zero-order valence-corrected chi connectivity index (χ0v) is 15.5. The molecule has 0 amide bonds. The van der Waals surface area contributed by atoms with Crippen molar-refractivity contribution in [1.82, 2.24) is 0 Å². The van der Waals surface area contributed by atoms with Crippen LogP contribution in [0.1, 0.15) is 0 Å². The van der Waals surface area contributed by atoms with Crippen LogP contribution >= 0.6 is 0 Å². The third-order valence-electron chi connectivity index (χ3n) is 3.10. The van der Waals surface area contributed by atoms with Gasteiger partial charge in [-0.25, -0.2) is 0 Å². The van der Waals surface area contributed by atoms with Gasteiger partial charge in [0.1, 0.15) is 0 Å². The van der Waals surface area contributed by atoms with Crippen molar-refractivity contribution in [2.45, 2.75) is 13.1 Å². The standard InChI is InChI=1S/2C9H7.C2H7Si.Cr/c2*1-2-5-9-7-3-6-8(9)4-1;1-3-2;/h2*1-7H;3H,1-2H3;/q2*-1;;+2. The van der Waals surface area contributed by atoms with Crippen LogP contribution in [0.15, 0.2) is 84.9 Å². The average molecular weight is 341 g/mol. The smallest absolute Gasteiger partial charge is 0.168 e. The molecule has 0 aromatic heterocycles. The van der Waals surface area contributed by atoms with Crippen LogP contribution in [-0.2, 0) is 17.4 Å². The van der Waals surface area contributed by atoms with Gasteiger partial charge >= 0.3 is 17.4 Å². The number of rotatable bonds is 0. The van der Waals surface area contributed by atoms with Gasteiger partial charge in [-0.15, -0.1) is 59.3 Å². The molecule has 0 nitrogen and oxygen atoms in total. The zero-order valence-electron chi connectivity index (χ0n) is 13.1. The molecular weight excluding hydrogens is 320 g/mol. The fraction of sp³-hybridized carbons (Fsp3) is 0.100. The monoisotopic (exact) mass is 341 g/mol. The van der Waals surface area contributed by atoms with Crippen LogP contribution in [0.3, 0.4) is 0 Å². The van der Waals surface area contributed by atoms with Crippen LogP contribution < -0.4 is 0 Å². The topological polar surface area (TPSA) is 0 Å². The molecule has 0 N–H and O–H groups in total. The summed E-state index contributed by atoms with van der Waals surface area (Å²) in [6, 6.07) is 29.3. The van der Waals surface area contributed by atoms with Gasteiger partial charge in [-0.3, -0.25) is 0 Å². The van der Waals surface area contributed by atoms with E-state index in [1.807, 2.05) is 0 Å². The normalized spacial score (nSPS) is 9.18. The van der Waals surface area contributed by atoms with Crippen molar-refractivity contribution in [3.05, 3.63) is 84.9 Å². The second-order valence-corrected chi connectivity index (χ2v) is 6.04. The Morgan fingerprint density at radius 3 is 1.36 bits per heavy atom. The third kappa shape index (κ3) is 5.31. The summed E-state index contributed by atoms with van der Waals surface area (Å²) < 4.78 is 0. The van der Waals surface area contributed by atoms with Crippen molar-refractivity contribution in [2.24, 2.45) is 0 Å². The SMILES string of the molecule is C[SiH]C.[Cr+2].c1ccc2[cH-]ccc2c1.c1ccc2[cH-]ccc2c1. The number of hydrogen-bond donors (Lipinski definition) is 0. The van der Waals surface area contributed by atoms with E-state index in [2.05, 4.69) is 98.0 Å². The van der Waals surface area contributed by atoms with E-state index in [1.54, 1.807) is 0 Å². The van der Waals surface area contributed by atoms with Crippen LogP contribution in [0.4, 0.5) is 0 Å². The van der Waals surface area contributed by atoms with Gasteiger partial charge < -0.3 is 0 Å². The van der Waals surface area contributed by atoms with Crippen LogP contribution in [0.5, 0.6) is 0 Å². The van der Waals surface area contributed by atoms with E-state index in [4.69, 9.17) is 0 Å². The van der Waals surface area contributed by atoms with E-state index in [0.717, 1.165) is 9.52 Å². The zero-order chi connectivity index (χ0) is 14.9. The first-order chi connectivity index (χ1) is 10.3.